The molecule has 0 spiro atoms. The van der Waals surface area contributed by atoms with Crippen LogP contribution in [0.5, 0.6) is 0 Å². The minimum absolute atomic E-state index is 0.623. The van der Waals surface area contributed by atoms with E-state index in [1.807, 2.05) is 0 Å². The van der Waals surface area contributed by atoms with Gasteiger partial charge in [0.2, 0.25) is 0 Å². The lowest BCUT2D eigenvalue weighted by Crippen LogP contribution is -2.35. The van der Waals surface area contributed by atoms with Gasteiger partial charge in [-0.3, -0.25) is 0 Å². The van der Waals surface area contributed by atoms with E-state index in [-0.39, 0.29) is 0 Å². The Morgan fingerprint density at radius 3 is 2.54 bits per heavy atom. The van der Waals surface area contributed by atoms with Crippen LogP contribution in [0.1, 0.15) is 56.2 Å². The van der Waals surface area contributed by atoms with Gasteiger partial charge in [0, 0.05) is 5.92 Å². The monoisotopic (exact) mass is 314 g/mol. The summed E-state index contributed by atoms with van der Waals surface area (Å²) in [6, 6.07) is 2.45. The Bertz CT molecular complexity index is 1010. The highest BCUT2D eigenvalue weighted by Gasteiger charge is 2.35. The summed E-state index contributed by atoms with van der Waals surface area (Å²) in [4.78, 5) is 0. The highest BCUT2D eigenvalue weighted by atomic mass is 14.4. The number of hydrogen-bond acceptors (Lipinski definition) is 0. The van der Waals surface area contributed by atoms with Crippen LogP contribution >= 0.6 is 0 Å². The quantitative estimate of drug-likeness (QED) is 0.658. The Hall–Kier alpha value is -1.82. The zero-order valence-electron chi connectivity index (χ0n) is 15.3. The summed E-state index contributed by atoms with van der Waals surface area (Å²) in [7, 11) is 0. The van der Waals surface area contributed by atoms with E-state index in [0.717, 1.165) is 0 Å². The third kappa shape index (κ3) is 1.75. The summed E-state index contributed by atoms with van der Waals surface area (Å²) in [5.41, 5.74) is 14.2. The lowest BCUT2D eigenvalue weighted by Gasteiger charge is -2.32. The van der Waals surface area contributed by atoms with E-state index in [1.54, 1.807) is 43.9 Å². The number of hydrogen-bond donors (Lipinski definition) is 0. The van der Waals surface area contributed by atoms with Gasteiger partial charge >= 0.3 is 0 Å². The van der Waals surface area contributed by atoms with E-state index in [4.69, 9.17) is 0 Å². The third-order valence-electron chi connectivity index (χ3n) is 6.66. The van der Waals surface area contributed by atoms with Crippen molar-refractivity contribution in [2.45, 2.75) is 59.8 Å². The zero-order valence-corrected chi connectivity index (χ0v) is 15.3. The van der Waals surface area contributed by atoms with Crippen molar-refractivity contribution < 1.29 is 0 Å². The standard InChI is InChI=1S/C24H26/c1-13-8-9-19-20(10-13)15(3)12-21-18-7-5-6-17-14(2)11-16(4)22(23(17)18)24(19)21/h10-12,19H,5-9H2,1-4H3. The lowest BCUT2D eigenvalue weighted by molar-refractivity contribution is 0.661. The molecular weight excluding hydrogens is 288 g/mol. The van der Waals surface area contributed by atoms with Crippen molar-refractivity contribution in [3.63, 3.8) is 0 Å². The summed E-state index contributed by atoms with van der Waals surface area (Å²) < 4.78 is 0. The Morgan fingerprint density at radius 1 is 0.875 bits per heavy atom. The Kier molecular flexibility index (Phi) is 2.93. The maximum Gasteiger partial charge on any atom is 0.0107 e. The SMILES string of the molecule is CC1=CC2=C(C)C=C3C(=c4c(C)cc(C)c5c4=C3CCC5)C2CC1. The first kappa shape index (κ1) is 14.5. The second kappa shape index (κ2) is 4.85. The first-order valence-electron chi connectivity index (χ1n) is 9.53. The van der Waals surface area contributed by atoms with Crippen LogP contribution in [-0.2, 0) is 6.42 Å². The molecule has 0 bridgehead atoms. The molecule has 1 aromatic carbocycles. The number of aryl methyl sites for hydroxylation is 2. The van der Waals surface area contributed by atoms with E-state index in [1.165, 1.54) is 48.8 Å². The molecule has 0 radical (unpaired) electrons. The number of rotatable bonds is 0. The molecule has 0 heterocycles. The van der Waals surface area contributed by atoms with E-state index < -0.39 is 0 Å². The van der Waals surface area contributed by atoms with Gasteiger partial charge in [-0.05, 0) is 115 Å². The zero-order chi connectivity index (χ0) is 16.6. The second-order valence-electron chi connectivity index (χ2n) is 8.26. The van der Waals surface area contributed by atoms with E-state index in [2.05, 4.69) is 45.9 Å². The molecule has 0 nitrogen and oxygen atoms in total. The van der Waals surface area contributed by atoms with Crippen molar-refractivity contribution >= 4 is 11.1 Å². The summed E-state index contributed by atoms with van der Waals surface area (Å²) >= 11 is 0. The minimum Gasteiger partial charge on any atom is -0.0730 e. The lowest BCUT2D eigenvalue weighted by atomic mass is 9.72. The topological polar surface area (TPSA) is 0 Å². The van der Waals surface area contributed by atoms with Crippen LogP contribution in [0.15, 0.2) is 40.5 Å². The second-order valence-corrected chi connectivity index (χ2v) is 8.26. The fraction of sp³-hybridized carbons (Fsp3) is 0.417. The Morgan fingerprint density at radius 2 is 1.71 bits per heavy atom. The number of benzene rings is 1. The van der Waals surface area contributed by atoms with Crippen molar-refractivity contribution in [1.29, 1.82) is 0 Å². The highest BCUT2D eigenvalue weighted by molar-refractivity contribution is 5.95. The summed E-state index contributed by atoms with van der Waals surface area (Å²) in [6.07, 6.45) is 11.4. The van der Waals surface area contributed by atoms with Crippen LogP contribution in [-0.4, -0.2) is 0 Å². The molecule has 4 aliphatic rings. The van der Waals surface area contributed by atoms with Crippen LogP contribution in [0.4, 0.5) is 0 Å². The fourth-order valence-electron chi connectivity index (χ4n) is 5.65. The van der Waals surface area contributed by atoms with Gasteiger partial charge in [-0.15, -0.1) is 0 Å². The third-order valence-corrected chi connectivity index (χ3v) is 6.66. The van der Waals surface area contributed by atoms with Crippen molar-refractivity contribution in [3.05, 3.63) is 67.6 Å². The summed E-state index contributed by atoms with van der Waals surface area (Å²) in [6.45, 7) is 9.27. The van der Waals surface area contributed by atoms with Crippen LogP contribution in [0.25, 0.3) is 11.1 Å². The normalized spacial score (nSPS) is 24.4. The molecule has 1 atom stereocenters. The fourth-order valence-corrected chi connectivity index (χ4v) is 5.65. The molecule has 0 saturated heterocycles. The van der Waals surface area contributed by atoms with Crippen molar-refractivity contribution in [3.8, 4) is 0 Å². The Labute approximate surface area is 145 Å². The first-order chi connectivity index (χ1) is 11.6. The van der Waals surface area contributed by atoms with Gasteiger partial charge in [-0.1, -0.05) is 23.8 Å². The van der Waals surface area contributed by atoms with E-state index >= 15 is 0 Å². The van der Waals surface area contributed by atoms with Gasteiger partial charge in [-0.2, -0.15) is 0 Å². The highest BCUT2D eigenvalue weighted by Crippen LogP contribution is 2.47. The van der Waals surface area contributed by atoms with Crippen LogP contribution in [0.3, 0.4) is 0 Å². The molecule has 0 aromatic heterocycles. The van der Waals surface area contributed by atoms with Crippen LogP contribution in [0.2, 0.25) is 0 Å². The first-order valence-corrected chi connectivity index (χ1v) is 9.53. The number of allylic oxidation sites excluding steroid dienone is 6. The van der Waals surface area contributed by atoms with Gasteiger partial charge in [0.05, 0.1) is 0 Å². The minimum atomic E-state index is 0.623. The molecule has 122 valence electrons. The molecule has 5 rings (SSSR count). The predicted octanol–water partition coefficient (Wildman–Crippen LogP) is 4.57. The molecule has 0 amide bonds. The molecule has 0 heteroatoms. The van der Waals surface area contributed by atoms with Gasteiger partial charge in [0.15, 0.2) is 0 Å². The van der Waals surface area contributed by atoms with Crippen molar-refractivity contribution in [1.82, 2.24) is 0 Å². The smallest absolute Gasteiger partial charge is 0.0107 e. The molecule has 1 aromatic rings. The van der Waals surface area contributed by atoms with Crippen molar-refractivity contribution in [2.75, 3.05) is 0 Å². The number of fused-ring (bicyclic) bond motifs is 4. The molecule has 0 aliphatic heterocycles. The van der Waals surface area contributed by atoms with E-state index in [0.29, 0.717) is 5.92 Å². The van der Waals surface area contributed by atoms with E-state index in [9.17, 15) is 0 Å². The van der Waals surface area contributed by atoms with Gasteiger partial charge in [-0.25, -0.2) is 0 Å². The molecule has 0 fully saturated rings. The van der Waals surface area contributed by atoms with Gasteiger partial charge in [0.1, 0.15) is 0 Å². The molecule has 0 saturated carbocycles. The molecular formula is C24H26. The summed E-state index contributed by atoms with van der Waals surface area (Å²) in [5.74, 6) is 0.623. The Balaban J connectivity index is 1.94. The average Bonchev–Trinajstić information content (AvgIpc) is 2.89. The molecule has 4 aliphatic carbocycles. The van der Waals surface area contributed by atoms with Crippen molar-refractivity contribution in [2.24, 2.45) is 5.92 Å². The predicted molar refractivity (Wildman–Crippen MR) is 102 cm³/mol. The van der Waals surface area contributed by atoms with Crippen LogP contribution in [0, 0.1) is 19.8 Å². The van der Waals surface area contributed by atoms with Gasteiger partial charge < -0.3 is 0 Å². The molecule has 1 unspecified atom stereocenters. The average molecular weight is 314 g/mol. The molecule has 0 N–H and O–H groups in total. The molecule has 24 heavy (non-hydrogen) atoms. The maximum atomic E-state index is 2.51. The maximum absolute atomic E-state index is 2.51. The van der Waals surface area contributed by atoms with Crippen LogP contribution < -0.4 is 10.4 Å². The summed E-state index contributed by atoms with van der Waals surface area (Å²) in [5, 5.41) is 3.25. The largest absolute Gasteiger partial charge is 0.0730 e. The van der Waals surface area contributed by atoms with Gasteiger partial charge in [0.25, 0.3) is 0 Å².